The fourth-order valence-electron chi connectivity index (χ4n) is 3.05. The topological polar surface area (TPSA) is 108 Å². The van der Waals surface area contributed by atoms with Crippen LogP contribution < -0.4 is 9.46 Å². The number of ether oxygens (including phenoxy) is 1. The highest BCUT2D eigenvalue weighted by Crippen LogP contribution is 2.39. The van der Waals surface area contributed by atoms with Gasteiger partial charge in [0.2, 0.25) is 0 Å². The van der Waals surface area contributed by atoms with E-state index >= 15 is 0 Å². The molecule has 0 bridgehead atoms. The van der Waals surface area contributed by atoms with Gasteiger partial charge in [-0.2, -0.15) is 10.4 Å². The molecule has 0 aliphatic carbocycles. The number of thiophene rings is 1. The van der Waals surface area contributed by atoms with Crippen molar-refractivity contribution in [2.24, 2.45) is 0 Å². The molecule has 4 rings (SSSR count). The lowest BCUT2D eigenvalue weighted by molar-refractivity contribution is 0.365. The highest BCUT2D eigenvalue weighted by atomic mass is 79.9. The summed E-state index contributed by atoms with van der Waals surface area (Å²) in [6.45, 7) is -0.0381. The van der Waals surface area contributed by atoms with Gasteiger partial charge in [0.15, 0.2) is 10.8 Å². The molecule has 33 heavy (non-hydrogen) atoms. The number of rotatable bonds is 9. The third-order valence-corrected chi connectivity index (χ3v) is 9.53. The van der Waals surface area contributed by atoms with E-state index in [0.29, 0.717) is 26.6 Å². The van der Waals surface area contributed by atoms with Crippen LogP contribution in [0.5, 0.6) is 5.75 Å². The number of aromatic amines is 1. The molecule has 0 atom stereocenters. The molecular formula is C22H17BrN4O3S3. The number of benzene rings is 2. The summed E-state index contributed by atoms with van der Waals surface area (Å²) in [6, 6.07) is 20.6. The molecule has 2 N–H and O–H groups in total. The third-order valence-electron chi connectivity index (χ3n) is 4.49. The molecule has 0 fully saturated rings. The number of H-pyrrole nitrogens is 1. The minimum absolute atomic E-state index is 0.0381. The zero-order valence-corrected chi connectivity index (χ0v) is 21.0. The van der Waals surface area contributed by atoms with Crippen molar-refractivity contribution in [1.29, 1.82) is 5.26 Å². The quantitative estimate of drug-likeness (QED) is 0.247. The van der Waals surface area contributed by atoms with Crippen molar-refractivity contribution in [3.8, 4) is 22.9 Å². The Bertz CT molecular complexity index is 1400. The smallest absolute Gasteiger partial charge is 0.273 e. The Hall–Kier alpha value is -2.78. The van der Waals surface area contributed by atoms with Gasteiger partial charge >= 0.3 is 0 Å². The molecule has 168 valence electrons. The first kappa shape index (κ1) is 23.4. The van der Waals surface area contributed by atoms with Crippen LogP contribution in [-0.4, -0.2) is 25.2 Å². The van der Waals surface area contributed by atoms with Gasteiger partial charge in [-0.05, 0) is 39.0 Å². The van der Waals surface area contributed by atoms with E-state index in [9.17, 15) is 8.42 Å². The van der Waals surface area contributed by atoms with Crippen LogP contribution in [0.25, 0.3) is 11.1 Å². The fourth-order valence-corrected chi connectivity index (χ4v) is 7.42. The second-order valence-corrected chi connectivity index (χ2v) is 11.3. The number of sulfonamides is 1. The summed E-state index contributed by atoms with van der Waals surface area (Å²) < 4.78 is 34.8. The molecule has 0 spiro atoms. The maximum atomic E-state index is 13.0. The van der Waals surface area contributed by atoms with Gasteiger partial charge in [-0.1, -0.05) is 60.3 Å². The van der Waals surface area contributed by atoms with Gasteiger partial charge in [0.1, 0.15) is 22.7 Å². The minimum Gasteiger partial charge on any atom is -0.478 e. The minimum atomic E-state index is -3.81. The van der Waals surface area contributed by atoms with E-state index in [1.165, 1.54) is 11.8 Å². The normalized spacial score (nSPS) is 11.2. The van der Waals surface area contributed by atoms with Gasteiger partial charge in [0, 0.05) is 15.8 Å². The molecular weight excluding hydrogens is 544 g/mol. The number of nitrogens with one attached hydrogen (secondary N) is 2. The number of nitrogens with zero attached hydrogens (tertiary/aromatic N) is 2. The van der Waals surface area contributed by atoms with E-state index in [1.807, 2.05) is 60.7 Å². The van der Waals surface area contributed by atoms with Crippen LogP contribution in [0.1, 0.15) is 5.56 Å². The van der Waals surface area contributed by atoms with E-state index in [2.05, 4.69) is 30.8 Å². The first-order valence-corrected chi connectivity index (χ1v) is 13.7. The second-order valence-electron chi connectivity index (χ2n) is 6.65. The largest absolute Gasteiger partial charge is 0.478 e. The van der Waals surface area contributed by atoms with Crippen LogP contribution in [0.2, 0.25) is 0 Å². The Kier molecular flexibility index (Phi) is 7.39. The first-order chi connectivity index (χ1) is 16.0. The Morgan fingerprint density at radius 3 is 2.64 bits per heavy atom. The lowest BCUT2D eigenvalue weighted by atomic mass is 10.1. The van der Waals surface area contributed by atoms with Crippen LogP contribution in [0.4, 0.5) is 5.82 Å². The molecule has 2 aromatic carbocycles. The Morgan fingerprint density at radius 2 is 1.91 bits per heavy atom. The van der Waals surface area contributed by atoms with Crippen molar-refractivity contribution in [2.75, 3.05) is 11.3 Å². The highest BCUT2D eigenvalue weighted by Gasteiger charge is 2.24. The van der Waals surface area contributed by atoms with Crippen molar-refractivity contribution in [3.63, 3.8) is 0 Å². The number of hydrogen-bond acceptors (Lipinski definition) is 7. The van der Waals surface area contributed by atoms with Crippen LogP contribution >= 0.6 is 39.0 Å². The number of thioether (sulfide) groups is 1. The molecule has 11 heteroatoms. The van der Waals surface area contributed by atoms with Gasteiger partial charge in [-0.15, -0.1) is 11.3 Å². The third kappa shape index (κ3) is 5.42. The number of hydrogen-bond donors (Lipinski definition) is 2. The van der Waals surface area contributed by atoms with Crippen LogP contribution in [-0.2, 0) is 15.8 Å². The molecule has 4 aromatic rings. The van der Waals surface area contributed by atoms with Gasteiger partial charge < -0.3 is 4.74 Å². The monoisotopic (exact) mass is 560 g/mol. The molecule has 2 heterocycles. The SMILES string of the molecule is N#CCOc1ccccc1CSc1n[nH]c(NS(=O)(=O)c2sccc2Br)c1-c1ccccc1. The number of nitriles is 1. The average Bonchev–Trinajstić information content (AvgIpc) is 3.43. The van der Waals surface area contributed by atoms with Crippen LogP contribution in [0.3, 0.4) is 0 Å². The molecule has 7 nitrogen and oxygen atoms in total. The Balaban J connectivity index is 1.66. The van der Waals surface area contributed by atoms with Crippen LogP contribution in [0.15, 0.2) is 79.8 Å². The van der Waals surface area contributed by atoms with Crippen molar-refractivity contribution >= 4 is 54.9 Å². The Labute approximate surface area is 208 Å². The summed E-state index contributed by atoms with van der Waals surface area (Å²) in [6.07, 6.45) is 0. The van der Waals surface area contributed by atoms with Gasteiger partial charge in [0.25, 0.3) is 10.0 Å². The van der Waals surface area contributed by atoms with E-state index in [0.717, 1.165) is 22.5 Å². The zero-order valence-electron chi connectivity index (χ0n) is 17.0. The molecule has 0 amide bonds. The standard InChI is InChI=1S/C22H17BrN4O3S3/c23-17-10-13-31-22(17)33(28,29)27-20-19(15-6-2-1-3-7-15)21(26-25-20)32-14-16-8-4-5-9-18(16)30-12-11-24/h1-10,13H,12,14H2,(H2,25,26,27). The van der Waals surface area contributed by atoms with Crippen molar-refractivity contribution in [3.05, 3.63) is 76.1 Å². The number of anilines is 1. The van der Waals surface area contributed by atoms with E-state index in [-0.39, 0.29) is 16.6 Å². The molecule has 0 saturated carbocycles. The van der Waals surface area contributed by atoms with E-state index in [1.54, 1.807) is 11.4 Å². The fraction of sp³-hybridized carbons (Fsp3) is 0.0909. The predicted molar refractivity (Wildman–Crippen MR) is 134 cm³/mol. The van der Waals surface area contributed by atoms with Gasteiger partial charge in [-0.25, -0.2) is 8.42 Å². The summed E-state index contributed by atoms with van der Waals surface area (Å²) in [5.74, 6) is 1.44. The Morgan fingerprint density at radius 1 is 1.15 bits per heavy atom. The summed E-state index contributed by atoms with van der Waals surface area (Å²) in [4.78, 5) is 0. The summed E-state index contributed by atoms with van der Waals surface area (Å²) in [7, 11) is -3.81. The van der Waals surface area contributed by atoms with E-state index < -0.39 is 10.0 Å². The molecule has 2 aromatic heterocycles. The summed E-state index contributed by atoms with van der Waals surface area (Å²) in [5, 5.41) is 18.4. The van der Waals surface area contributed by atoms with Gasteiger partial charge in [-0.3, -0.25) is 9.82 Å². The molecule has 0 aliphatic heterocycles. The number of aromatic nitrogens is 2. The van der Waals surface area contributed by atoms with Crippen molar-refractivity contribution < 1.29 is 13.2 Å². The number of halogens is 1. The lowest BCUT2D eigenvalue weighted by Gasteiger charge is -2.10. The maximum absolute atomic E-state index is 13.0. The van der Waals surface area contributed by atoms with Crippen LogP contribution in [0, 0.1) is 11.3 Å². The van der Waals surface area contributed by atoms with E-state index in [4.69, 9.17) is 10.00 Å². The number of para-hydroxylation sites is 1. The maximum Gasteiger partial charge on any atom is 0.273 e. The lowest BCUT2D eigenvalue weighted by Crippen LogP contribution is -2.13. The molecule has 0 saturated heterocycles. The van der Waals surface area contributed by atoms with Crippen molar-refractivity contribution in [2.45, 2.75) is 15.0 Å². The molecule has 0 radical (unpaired) electrons. The summed E-state index contributed by atoms with van der Waals surface area (Å²) >= 11 is 5.86. The van der Waals surface area contributed by atoms with Gasteiger partial charge in [0.05, 0.1) is 5.56 Å². The zero-order chi connectivity index (χ0) is 23.3. The van der Waals surface area contributed by atoms with Crippen molar-refractivity contribution in [1.82, 2.24) is 10.2 Å². The predicted octanol–water partition coefficient (Wildman–Crippen LogP) is 5.90. The first-order valence-electron chi connectivity index (χ1n) is 9.59. The summed E-state index contributed by atoms with van der Waals surface area (Å²) in [5.41, 5.74) is 2.39. The average molecular weight is 562 g/mol. The molecule has 0 aliphatic rings. The highest BCUT2D eigenvalue weighted by molar-refractivity contribution is 9.10. The molecule has 0 unspecified atom stereocenters. The second kappa shape index (κ2) is 10.4.